The molecule has 4 heteroatoms. The fourth-order valence-corrected chi connectivity index (χ4v) is 2.55. The van der Waals surface area contributed by atoms with Gasteiger partial charge in [0, 0.05) is 10.3 Å². The number of halogens is 1. The third-order valence-corrected chi connectivity index (χ3v) is 3.53. The van der Waals surface area contributed by atoms with E-state index in [1.807, 2.05) is 30.3 Å². The van der Waals surface area contributed by atoms with Crippen molar-refractivity contribution in [2.45, 2.75) is 9.92 Å². The lowest BCUT2D eigenvalue weighted by molar-refractivity contribution is 0.602. The van der Waals surface area contributed by atoms with E-state index in [9.17, 15) is 4.39 Å². The van der Waals surface area contributed by atoms with E-state index in [2.05, 4.69) is 10.2 Å². The quantitative estimate of drug-likeness (QED) is 0.741. The number of nitrogens with zero attached hydrogens (tertiary/aromatic N) is 1. The molecule has 0 amide bonds. The SMILES string of the molecule is Fc1ccccc1Sc1n[nH]c2ccccc12. The largest absolute Gasteiger partial charge is 0.277 e. The third kappa shape index (κ3) is 1.91. The number of aromatic amines is 1. The van der Waals surface area contributed by atoms with Gasteiger partial charge in [0.1, 0.15) is 10.8 Å². The summed E-state index contributed by atoms with van der Waals surface area (Å²) in [4.78, 5) is 0.588. The highest BCUT2D eigenvalue weighted by atomic mass is 32.2. The molecule has 1 aromatic heterocycles. The van der Waals surface area contributed by atoms with E-state index < -0.39 is 0 Å². The van der Waals surface area contributed by atoms with Crippen LogP contribution in [0.15, 0.2) is 58.5 Å². The second kappa shape index (κ2) is 4.22. The molecule has 1 N–H and O–H groups in total. The molecule has 0 spiro atoms. The number of benzene rings is 2. The molecule has 17 heavy (non-hydrogen) atoms. The number of aromatic nitrogens is 2. The van der Waals surface area contributed by atoms with Crippen LogP contribution in [0.4, 0.5) is 4.39 Å². The fraction of sp³-hybridized carbons (Fsp3) is 0. The number of para-hydroxylation sites is 1. The van der Waals surface area contributed by atoms with Gasteiger partial charge < -0.3 is 0 Å². The van der Waals surface area contributed by atoms with Gasteiger partial charge in [-0.05, 0) is 18.2 Å². The van der Waals surface area contributed by atoms with Gasteiger partial charge >= 0.3 is 0 Å². The van der Waals surface area contributed by atoms with Crippen LogP contribution in [0.3, 0.4) is 0 Å². The van der Waals surface area contributed by atoms with Crippen molar-refractivity contribution in [2.75, 3.05) is 0 Å². The van der Waals surface area contributed by atoms with Gasteiger partial charge in [0.25, 0.3) is 0 Å². The van der Waals surface area contributed by atoms with Crippen LogP contribution in [-0.2, 0) is 0 Å². The normalized spacial score (nSPS) is 10.9. The van der Waals surface area contributed by atoms with Gasteiger partial charge in [0.15, 0.2) is 0 Å². The summed E-state index contributed by atoms with van der Waals surface area (Å²) < 4.78 is 13.5. The molecule has 0 aliphatic rings. The highest BCUT2D eigenvalue weighted by Gasteiger charge is 2.09. The van der Waals surface area contributed by atoms with Crippen LogP contribution in [-0.4, -0.2) is 10.2 Å². The zero-order chi connectivity index (χ0) is 11.7. The highest BCUT2D eigenvalue weighted by molar-refractivity contribution is 7.99. The van der Waals surface area contributed by atoms with Crippen LogP contribution in [0.2, 0.25) is 0 Å². The first-order chi connectivity index (χ1) is 8.34. The maximum atomic E-state index is 13.5. The molecule has 0 unspecified atom stereocenters. The maximum Gasteiger partial charge on any atom is 0.137 e. The predicted octanol–water partition coefficient (Wildman–Crippen LogP) is 3.85. The Hall–Kier alpha value is -1.81. The molecule has 3 aromatic rings. The summed E-state index contributed by atoms with van der Waals surface area (Å²) in [6.07, 6.45) is 0. The Morgan fingerprint density at radius 1 is 1.00 bits per heavy atom. The van der Waals surface area contributed by atoms with Crippen molar-refractivity contribution < 1.29 is 4.39 Å². The number of hydrogen-bond acceptors (Lipinski definition) is 2. The van der Waals surface area contributed by atoms with Crippen LogP contribution in [0.1, 0.15) is 0 Å². The summed E-state index contributed by atoms with van der Waals surface area (Å²) in [7, 11) is 0. The van der Waals surface area contributed by atoms with Crippen LogP contribution < -0.4 is 0 Å². The Bertz CT molecular complexity index is 663. The Kier molecular flexibility index (Phi) is 2.57. The summed E-state index contributed by atoms with van der Waals surface area (Å²) >= 11 is 1.33. The molecule has 84 valence electrons. The molecule has 0 radical (unpaired) electrons. The molecule has 0 aliphatic carbocycles. The predicted molar refractivity (Wildman–Crippen MR) is 66.6 cm³/mol. The van der Waals surface area contributed by atoms with Crippen LogP contribution in [0.5, 0.6) is 0 Å². The average Bonchev–Trinajstić information content (AvgIpc) is 2.76. The van der Waals surface area contributed by atoms with E-state index in [0.29, 0.717) is 4.90 Å². The van der Waals surface area contributed by atoms with Crippen LogP contribution in [0.25, 0.3) is 10.9 Å². The van der Waals surface area contributed by atoms with E-state index in [-0.39, 0.29) is 5.82 Å². The van der Waals surface area contributed by atoms with Crippen molar-refractivity contribution in [1.82, 2.24) is 10.2 Å². The molecule has 0 atom stereocenters. The third-order valence-electron chi connectivity index (χ3n) is 2.48. The Morgan fingerprint density at radius 2 is 1.76 bits per heavy atom. The van der Waals surface area contributed by atoms with Gasteiger partial charge in [-0.1, -0.05) is 42.1 Å². The van der Waals surface area contributed by atoms with Crippen molar-refractivity contribution in [3.8, 4) is 0 Å². The first-order valence-electron chi connectivity index (χ1n) is 5.20. The lowest BCUT2D eigenvalue weighted by atomic mass is 10.3. The monoisotopic (exact) mass is 244 g/mol. The van der Waals surface area contributed by atoms with E-state index in [4.69, 9.17) is 0 Å². The molecular formula is C13H9FN2S. The lowest BCUT2D eigenvalue weighted by Crippen LogP contribution is -1.80. The number of rotatable bonds is 2. The second-order valence-electron chi connectivity index (χ2n) is 3.61. The Balaban J connectivity index is 2.03. The van der Waals surface area contributed by atoms with Crippen molar-refractivity contribution in [2.24, 2.45) is 0 Å². The average molecular weight is 244 g/mol. The van der Waals surface area contributed by atoms with Gasteiger partial charge in [0.05, 0.1) is 5.52 Å². The van der Waals surface area contributed by atoms with Crippen molar-refractivity contribution in [3.63, 3.8) is 0 Å². The first kappa shape index (κ1) is 10.4. The Morgan fingerprint density at radius 3 is 2.65 bits per heavy atom. The van der Waals surface area contributed by atoms with E-state index >= 15 is 0 Å². The smallest absolute Gasteiger partial charge is 0.137 e. The highest BCUT2D eigenvalue weighted by Crippen LogP contribution is 2.32. The molecular weight excluding hydrogens is 235 g/mol. The zero-order valence-corrected chi connectivity index (χ0v) is 9.67. The van der Waals surface area contributed by atoms with E-state index in [1.54, 1.807) is 12.1 Å². The van der Waals surface area contributed by atoms with Gasteiger partial charge in [-0.2, -0.15) is 5.10 Å². The topological polar surface area (TPSA) is 28.7 Å². The summed E-state index contributed by atoms with van der Waals surface area (Å²) in [5, 5.41) is 8.95. The number of fused-ring (bicyclic) bond motifs is 1. The summed E-state index contributed by atoms with van der Waals surface area (Å²) in [5.41, 5.74) is 0.964. The standard InChI is InChI=1S/C13H9FN2S/c14-10-6-2-4-8-12(10)17-13-9-5-1-3-7-11(9)15-16-13/h1-8H,(H,15,16). The minimum atomic E-state index is -0.218. The van der Waals surface area contributed by atoms with E-state index in [0.717, 1.165) is 15.9 Å². The molecule has 0 aliphatic heterocycles. The molecule has 1 heterocycles. The second-order valence-corrected chi connectivity index (χ2v) is 4.64. The molecule has 0 saturated heterocycles. The molecule has 0 saturated carbocycles. The molecule has 2 nitrogen and oxygen atoms in total. The minimum Gasteiger partial charge on any atom is -0.277 e. The number of H-pyrrole nitrogens is 1. The van der Waals surface area contributed by atoms with E-state index in [1.165, 1.54) is 17.8 Å². The molecule has 0 bridgehead atoms. The molecule has 2 aromatic carbocycles. The number of nitrogens with one attached hydrogen (secondary N) is 1. The summed E-state index contributed by atoms with van der Waals surface area (Å²) in [6.45, 7) is 0. The first-order valence-corrected chi connectivity index (χ1v) is 6.02. The zero-order valence-electron chi connectivity index (χ0n) is 8.85. The molecule has 3 rings (SSSR count). The van der Waals surface area contributed by atoms with Crippen LogP contribution in [0, 0.1) is 5.82 Å². The van der Waals surface area contributed by atoms with Crippen molar-refractivity contribution in [1.29, 1.82) is 0 Å². The van der Waals surface area contributed by atoms with Gasteiger partial charge in [-0.25, -0.2) is 4.39 Å². The van der Waals surface area contributed by atoms with Gasteiger partial charge in [-0.15, -0.1) is 0 Å². The fourth-order valence-electron chi connectivity index (χ4n) is 1.65. The summed E-state index contributed by atoms with van der Waals surface area (Å²) in [5.74, 6) is -0.218. The number of hydrogen-bond donors (Lipinski definition) is 1. The van der Waals surface area contributed by atoms with Crippen molar-refractivity contribution >= 4 is 22.7 Å². The van der Waals surface area contributed by atoms with Gasteiger partial charge in [-0.3, -0.25) is 5.10 Å². The van der Waals surface area contributed by atoms with Gasteiger partial charge in [0.2, 0.25) is 0 Å². The minimum absolute atomic E-state index is 0.218. The molecule has 0 fully saturated rings. The summed E-state index contributed by atoms with van der Waals surface area (Å²) in [6, 6.07) is 14.5. The lowest BCUT2D eigenvalue weighted by Gasteiger charge is -1.99. The maximum absolute atomic E-state index is 13.5. The Labute approximate surface area is 102 Å². The van der Waals surface area contributed by atoms with Crippen LogP contribution >= 0.6 is 11.8 Å². The van der Waals surface area contributed by atoms with Crippen molar-refractivity contribution in [3.05, 3.63) is 54.3 Å².